The molecule has 1 heterocycles. The second kappa shape index (κ2) is 7.09. The minimum Gasteiger partial charge on any atom is -0.222 e. The average molecular weight is 428 g/mol. The van der Waals surface area contributed by atoms with Crippen LogP contribution in [-0.4, -0.2) is 26.5 Å². The van der Waals surface area contributed by atoms with Crippen LogP contribution in [0.5, 0.6) is 0 Å². The highest BCUT2D eigenvalue weighted by Crippen LogP contribution is 2.51. The van der Waals surface area contributed by atoms with E-state index >= 15 is 0 Å². The zero-order valence-corrected chi connectivity index (χ0v) is 17.7. The van der Waals surface area contributed by atoms with Crippen LogP contribution in [0.15, 0.2) is 88.7 Å². The summed E-state index contributed by atoms with van der Waals surface area (Å²) < 4.78 is 54.3. The Kier molecular flexibility index (Phi) is 4.85. The molecule has 7 heteroatoms. The molecule has 3 atom stereocenters. The summed E-state index contributed by atoms with van der Waals surface area (Å²) in [5.74, 6) is 0. The number of hydrogen-bond donors (Lipinski definition) is 0. The molecular formula is C22H21NO4S2. The van der Waals surface area contributed by atoms with E-state index < -0.39 is 31.3 Å². The molecule has 0 N–H and O–H groups in total. The molecule has 0 spiro atoms. The summed E-state index contributed by atoms with van der Waals surface area (Å²) in [6.07, 6.45) is 0. The maximum absolute atomic E-state index is 13.3. The van der Waals surface area contributed by atoms with Crippen LogP contribution in [-0.2, 0) is 19.9 Å². The molecule has 0 saturated carbocycles. The van der Waals surface area contributed by atoms with Gasteiger partial charge >= 0.3 is 0 Å². The van der Waals surface area contributed by atoms with Gasteiger partial charge in [0, 0.05) is 0 Å². The SMILES string of the molecule is Cc1ccc(S(=O)(=O)[C@@H]2[C@H](c3ccccc3)N2S(=O)(=O)c2ccc(C)cc2)cc1. The lowest BCUT2D eigenvalue weighted by molar-refractivity contribution is 0.546. The number of sulfonamides is 1. The largest absolute Gasteiger partial charge is 0.244 e. The van der Waals surface area contributed by atoms with Crippen molar-refractivity contribution in [1.82, 2.24) is 4.31 Å². The van der Waals surface area contributed by atoms with Crippen LogP contribution < -0.4 is 0 Å². The summed E-state index contributed by atoms with van der Waals surface area (Å²) in [6, 6.07) is 21.1. The lowest BCUT2D eigenvalue weighted by Crippen LogP contribution is -2.20. The molecule has 0 radical (unpaired) electrons. The molecule has 1 aliphatic rings. The first-order valence-electron chi connectivity index (χ1n) is 9.19. The van der Waals surface area contributed by atoms with E-state index in [2.05, 4.69) is 0 Å². The number of sulfone groups is 1. The first kappa shape index (κ1) is 19.8. The molecule has 5 nitrogen and oxygen atoms in total. The molecule has 0 aromatic heterocycles. The van der Waals surface area contributed by atoms with Gasteiger partial charge in [0.2, 0.25) is 10.0 Å². The van der Waals surface area contributed by atoms with Crippen molar-refractivity contribution in [3.8, 4) is 0 Å². The Balaban J connectivity index is 1.80. The normalized spacial score (nSPS) is 21.7. The van der Waals surface area contributed by atoms with Gasteiger partial charge in [0.15, 0.2) is 15.2 Å². The van der Waals surface area contributed by atoms with E-state index in [0.29, 0.717) is 5.56 Å². The van der Waals surface area contributed by atoms with E-state index in [1.807, 2.05) is 19.9 Å². The molecule has 1 fully saturated rings. The zero-order valence-electron chi connectivity index (χ0n) is 16.1. The molecule has 3 aromatic rings. The van der Waals surface area contributed by atoms with E-state index in [4.69, 9.17) is 0 Å². The highest BCUT2D eigenvalue weighted by molar-refractivity contribution is 7.95. The van der Waals surface area contributed by atoms with Gasteiger partial charge in [0.1, 0.15) is 0 Å². The van der Waals surface area contributed by atoms with Gasteiger partial charge in [0.05, 0.1) is 15.8 Å². The van der Waals surface area contributed by atoms with Crippen molar-refractivity contribution in [3.63, 3.8) is 0 Å². The summed E-state index contributed by atoms with van der Waals surface area (Å²) in [7, 11) is -7.86. The van der Waals surface area contributed by atoms with Crippen LogP contribution in [0.1, 0.15) is 22.7 Å². The first-order valence-corrected chi connectivity index (χ1v) is 12.2. The summed E-state index contributed by atoms with van der Waals surface area (Å²) >= 11 is 0. The Morgan fingerprint density at radius 1 is 0.655 bits per heavy atom. The van der Waals surface area contributed by atoms with E-state index in [-0.39, 0.29) is 9.79 Å². The smallest absolute Gasteiger partial charge is 0.222 e. The molecule has 150 valence electrons. The second-order valence-corrected chi connectivity index (χ2v) is 11.1. The molecule has 0 amide bonds. The van der Waals surface area contributed by atoms with Crippen LogP contribution in [0.25, 0.3) is 0 Å². The Bertz CT molecular complexity index is 1150. The van der Waals surface area contributed by atoms with Crippen molar-refractivity contribution in [1.29, 1.82) is 0 Å². The standard InChI is InChI=1S/C22H21NO4S2/c1-16-8-12-19(13-9-16)28(24,25)22-21(18-6-4-3-5-7-18)23(22)29(26,27)20-14-10-17(2)11-15-20/h3-15,21-22H,1-2H3/t21-,22+,23?/m0/s1. The van der Waals surface area contributed by atoms with Crippen molar-refractivity contribution in [3.05, 3.63) is 95.6 Å². The van der Waals surface area contributed by atoms with E-state index in [0.717, 1.165) is 15.4 Å². The highest BCUT2D eigenvalue weighted by atomic mass is 32.2. The monoisotopic (exact) mass is 427 g/mol. The third-order valence-electron chi connectivity index (χ3n) is 5.11. The number of rotatable bonds is 5. The van der Waals surface area contributed by atoms with E-state index in [1.54, 1.807) is 48.5 Å². The van der Waals surface area contributed by atoms with Crippen LogP contribution in [0.3, 0.4) is 0 Å². The summed E-state index contributed by atoms with van der Waals surface area (Å²) in [4.78, 5) is 0.210. The third kappa shape index (κ3) is 3.50. The van der Waals surface area contributed by atoms with Crippen molar-refractivity contribution >= 4 is 19.9 Å². The summed E-state index contributed by atoms with van der Waals surface area (Å²) in [6.45, 7) is 3.74. The maximum Gasteiger partial charge on any atom is 0.244 e. The molecule has 1 unspecified atom stereocenters. The molecule has 3 aromatic carbocycles. The number of aryl methyl sites for hydroxylation is 2. The zero-order chi connectivity index (χ0) is 20.8. The fraction of sp³-hybridized carbons (Fsp3) is 0.182. The van der Waals surface area contributed by atoms with Crippen molar-refractivity contribution in [2.75, 3.05) is 0 Å². The van der Waals surface area contributed by atoms with E-state index in [1.165, 1.54) is 24.3 Å². The van der Waals surface area contributed by atoms with E-state index in [9.17, 15) is 16.8 Å². The molecule has 29 heavy (non-hydrogen) atoms. The Labute approximate surface area is 171 Å². The number of nitrogens with zero attached hydrogens (tertiary/aromatic N) is 1. The molecule has 4 rings (SSSR count). The predicted octanol–water partition coefficient (Wildman–Crippen LogP) is 3.85. The fourth-order valence-corrected chi connectivity index (χ4v) is 7.55. The van der Waals surface area contributed by atoms with Gasteiger partial charge in [-0.15, -0.1) is 0 Å². The molecule has 0 aliphatic carbocycles. The minimum absolute atomic E-state index is 0.0886. The Morgan fingerprint density at radius 3 is 1.66 bits per heavy atom. The van der Waals surface area contributed by atoms with Crippen LogP contribution in [0.2, 0.25) is 0 Å². The van der Waals surface area contributed by atoms with Gasteiger partial charge in [-0.05, 0) is 43.7 Å². The van der Waals surface area contributed by atoms with Crippen molar-refractivity contribution in [2.24, 2.45) is 0 Å². The minimum atomic E-state index is -3.97. The lowest BCUT2D eigenvalue weighted by atomic mass is 10.2. The molecule has 1 saturated heterocycles. The summed E-state index contributed by atoms with van der Waals surface area (Å²) in [5, 5.41) is -1.17. The van der Waals surface area contributed by atoms with Crippen LogP contribution in [0, 0.1) is 13.8 Å². The fourth-order valence-electron chi connectivity index (χ4n) is 3.44. The number of hydrogen-bond acceptors (Lipinski definition) is 4. The number of benzene rings is 3. The second-order valence-electron chi connectivity index (χ2n) is 7.25. The lowest BCUT2D eigenvalue weighted by Gasteiger charge is -2.08. The van der Waals surface area contributed by atoms with Crippen molar-refractivity contribution < 1.29 is 16.8 Å². The molecule has 1 aliphatic heterocycles. The Hall–Kier alpha value is -2.48. The van der Waals surface area contributed by atoms with Gasteiger partial charge in [-0.2, -0.15) is 4.31 Å². The van der Waals surface area contributed by atoms with Gasteiger partial charge in [-0.25, -0.2) is 16.8 Å². The highest BCUT2D eigenvalue weighted by Gasteiger charge is 2.63. The maximum atomic E-state index is 13.3. The third-order valence-corrected chi connectivity index (χ3v) is 9.17. The quantitative estimate of drug-likeness (QED) is 0.580. The molecular weight excluding hydrogens is 406 g/mol. The Morgan fingerprint density at radius 2 is 1.14 bits per heavy atom. The van der Waals surface area contributed by atoms with Crippen molar-refractivity contribution in [2.45, 2.75) is 35.1 Å². The first-order chi connectivity index (χ1) is 13.7. The van der Waals surface area contributed by atoms with Gasteiger partial charge < -0.3 is 0 Å². The average Bonchev–Trinajstić information content (AvgIpc) is 3.47. The predicted molar refractivity (Wildman–Crippen MR) is 112 cm³/mol. The van der Waals surface area contributed by atoms with Crippen LogP contribution >= 0.6 is 0 Å². The van der Waals surface area contributed by atoms with Gasteiger partial charge in [-0.1, -0.05) is 65.7 Å². The van der Waals surface area contributed by atoms with Gasteiger partial charge in [-0.3, -0.25) is 0 Å². The van der Waals surface area contributed by atoms with Gasteiger partial charge in [0.25, 0.3) is 0 Å². The topological polar surface area (TPSA) is 71.3 Å². The summed E-state index contributed by atoms with van der Waals surface area (Å²) in [5.41, 5.74) is 2.52. The van der Waals surface area contributed by atoms with Crippen LogP contribution in [0.4, 0.5) is 0 Å². The molecule has 0 bridgehead atoms.